The number of hydrogen-bond donors (Lipinski definition) is 1. The zero-order valence-electron chi connectivity index (χ0n) is 13.7. The Kier molecular flexibility index (Phi) is 5.81. The highest BCUT2D eigenvalue weighted by Gasteiger charge is 2.21. The zero-order chi connectivity index (χ0) is 17.7. The van der Waals surface area contributed by atoms with Crippen LogP contribution < -0.4 is 10.1 Å². The lowest BCUT2D eigenvalue weighted by Gasteiger charge is -2.16. The lowest BCUT2D eigenvalue weighted by Crippen LogP contribution is -2.38. The highest BCUT2D eigenvalue weighted by Crippen LogP contribution is 2.17. The molecule has 1 aromatic carbocycles. The number of nitrogens with one attached hydrogen (secondary N) is 1. The van der Waals surface area contributed by atoms with Gasteiger partial charge in [-0.3, -0.25) is 14.3 Å². The van der Waals surface area contributed by atoms with Gasteiger partial charge in [0, 0.05) is 31.9 Å². The van der Waals surface area contributed by atoms with E-state index in [2.05, 4.69) is 10.4 Å². The van der Waals surface area contributed by atoms with E-state index in [1.54, 1.807) is 26.4 Å². The van der Waals surface area contributed by atoms with Gasteiger partial charge in [-0.2, -0.15) is 0 Å². The van der Waals surface area contributed by atoms with Gasteiger partial charge >= 0.3 is 0 Å². The topological polar surface area (TPSA) is 76.5 Å². The van der Waals surface area contributed by atoms with Crippen molar-refractivity contribution in [1.82, 2.24) is 20.0 Å². The van der Waals surface area contributed by atoms with E-state index in [9.17, 15) is 9.59 Å². The summed E-state index contributed by atoms with van der Waals surface area (Å²) in [6.45, 7) is 0.220. The van der Waals surface area contributed by atoms with Gasteiger partial charge in [-0.25, -0.2) is 0 Å². The second-order valence-corrected chi connectivity index (χ2v) is 5.66. The summed E-state index contributed by atoms with van der Waals surface area (Å²) in [5, 5.41) is 7.36. The molecule has 0 radical (unpaired) electrons. The van der Waals surface area contributed by atoms with E-state index in [1.165, 1.54) is 16.7 Å². The molecule has 0 aliphatic heterocycles. The fraction of sp³-hybridized carbons (Fsp3) is 0.312. The van der Waals surface area contributed by atoms with E-state index in [4.69, 9.17) is 16.3 Å². The predicted octanol–water partition coefficient (Wildman–Crippen LogP) is 1.47. The quantitative estimate of drug-likeness (QED) is 0.856. The van der Waals surface area contributed by atoms with Crippen LogP contribution in [0.5, 0.6) is 5.88 Å². The molecule has 8 heteroatoms. The van der Waals surface area contributed by atoms with Gasteiger partial charge in [0.15, 0.2) is 0 Å². The number of benzene rings is 1. The van der Waals surface area contributed by atoms with Crippen LogP contribution in [0.15, 0.2) is 30.5 Å². The average molecular weight is 351 g/mol. The maximum Gasteiger partial charge on any atom is 0.261 e. The first-order chi connectivity index (χ1) is 11.4. The molecular formula is C16H19ClN4O3. The average Bonchev–Trinajstić information content (AvgIpc) is 2.94. The third kappa shape index (κ3) is 4.26. The molecule has 0 aliphatic carbocycles. The first-order valence-corrected chi connectivity index (χ1v) is 7.63. The molecule has 0 saturated carbocycles. The van der Waals surface area contributed by atoms with Crippen molar-refractivity contribution in [2.45, 2.75) is 6.54 Å². The number of amides is 2. The van der Waals surface area contributed by atoms with Crippen LogP contribution in [0.1, 0.15) is 15.9 Å². The third-order valence-corrected chi connectivity index (χ3v) is 3.75. The smallest absolute Gasteiger partial charge is 0.261 e. The van der Waals surface area contributed by atoms with Gasteiger partial charge in [-0.15, -0.1) is 5.10 Å². The molecule has 0 unspecified atom stereocenters. The Balaban J connectivity index is 1.93. The molecule has 1 heterocycles. The van der Waals surface area contributed by atoms with E-state index in [0.29, 0.717) is 17.1 Å². The van der Waals surface area contributed by atoms with Gasteiger partial charge in [0.1, 0.15) is 5.56 Å². The number of rotatable bonds is 6. The molecule has 2 rings (SSSR count). The number of nitrogens with zero attached hydrogens (tertiary/aromatic N) is 3. The monoisotopic (exact) mass is 350 g/mol. The Morgan fingerprint density at radius 2 is 2.08 bits per heavy atom. The normalized spacial score (nSPS) is 10.3. The molecule has 0 bridgehead atoms. The van der Waals surface area contributed by atoms with E-state index < -0.39 is 0 Å². The lowest BCUT2D eigenvalue weighted by atomic mass is 10.2. The van der Waals surface area contributed by atoms with E-state index >= 15 is 0 Å². The van der Waals surface area contributed by atoms with E-state index in [0.717, 1.165) is 5.56 Å². The largest absolute Gasteiger partial charge is 0.479 e. The number of methoxy groups -OCH3 is 1. The Morgan fingerprint density at radius 3 is 2.75 bits per heavy atom. The second kappa shape index (κ2) is 7.83. The number of aromatic nitrogens is 2. The summed E-state index contributed by atoms with van der Waals surface area (Å²) in [5.74, 6) is -0.396. The summed E-state index contributed by atoms with van der Waals surface area (Å²) in [6.07, 6.45) is 1.55. The number of likely N-dealkylation sites (N-methyl/N-ethyl adjacent to an activating group) is 1. The predicted molar refractivity (Wildman–Crippen MR) is 90.0 cm³/mol. The molecule has 128 valence electrons. The highest BCUT2D eigenvalue weighted by molar-refractivity contribution is 6.31. The van der Waals surface area contributed by atoms with E-state index in [1.807, 2.05) is 18.2 Å². The van der Waals surface area contributed by atoms with Gasteiger partial charge in [0.05, 0.1) is 13.7 Å². The van der Waals surface area contributed by atoms with Crippen LogP contribution in [-0.4, -0.2) is 47.2 Å². The standard InChI is InChI=1S/C16H19ClN4O3/c1-20(16(23)12-9-21(2)19-15(12)24-3)10-14(22)18-8-11-6-4-5-7-13(11)17/h4-7,9H,8,10H2,1-3H3,(H,18,22). The van der Waals surface area contributed by atoms with Crippen molar-refractivity contribution in [3.8, 4) is 5.88 Å². The maximum absolute atomic E-state index is 12.4. The molecule has 7 nitrogen and oxygen atoms in total. The number of halogens is 1. The molecule has 24 heavy (non-hydrogen) atoms. The highest BCUT2D eigenvalue weighted by atomic mass is 35.5. The van der Waals surface area contributed by atoms with Crippen molar-refractivity contribution in [3.63, 3.8) is 0 Å². The zero-order valence-corrected chi connectivity index (χ0v) is 14.5. The first-order valence-electron chi connectivity index (χ1n) is 7.25. The van der Waals surface area contributed by atoms with Gasteiger partial charge in [-0.05, 0) is 11.6 Å². The third-order valence-electron chi connectivity index (χ3n) is 3.38. The summed E-state index contributed by atoms with van der Waals surface area (Å²) in [6, 6.07) is 7.25. The summed E-state index contributed by atoms with van der Waals surface area (Å²) in [4.78, 5) is 25.7. The van der Waals surface area contributed by atoms with Crippen LogP contribution in [0, 0.1) is 0 Å². The van der Waals surface area contributed by atoms with Gasteiger partial charge in [0.2, 0.25) is 11.8 Å². The summed E-state index contributed by atoms with van der Waals surface area (Å²) < 4.78 is 6.55. The molecule has 2 aromatic rings. The number of carbonyl (C=O) groups is 2. The van der Waals surface area contributed by atoms with Crippen molar-refractivity contribution in [1.29, 1.82) is 0 Å². The lowest BCUT2D eigenvalue weighted by molar-refractivity contribution is -0.121. The van der Waals surface area contributed by atoms with Crippen LogP contribution in [0.3, 0.4) is 0 Å². The minimum Gasteiger partial charge on any atom is -0.479 e. The van der Waals surface area contributed by atoms with Crippen LogP contribution in [-0.2, 0) is 18.4 Å². The summed E-state index contributed by atoms with van der Waals surface area (Å²) in [7, 11) is 4.68. The Labute approximate surface area is 145 Å². The molecule has 0 spiro atoms. The van der Waals surface area contributed by atoms with Gasteiger partial charge < -0.3 is 15.0 Å². The molecule has 0 fully saturated rings. The molecule has 1 aromatic heterocycles. The maximum atomic E-state index is 12.4. The van der Waals surface area contributed by atoms with Crippen molar-refractivity contribution >= 4 is 23.4 Å². The van der Waals surface area contributed by atoms with Crippen LogP contribution in [0.4, 0.5) is 0 Å². The number of carbonyl (C=O) groups excluding carboxylic acids is 2. The van der Waals surface area contributed by atoms with Crippen molar-refractivity contribution in [3.05, 3.63) is 46.6 Å². The molecule has 0 atom stereocenters. The van der Waals surface area contributed by atoms with Crippen LogP contribution in [0.25, 0.3) is 0 Å². The van der Waals surface area contributed by atoms with Crippen LogP contribution >= 0.6 is 11.6 Å². The summed E-state index contributed by atoms with van der Waals surface area (Å²) >= 11 is 6.04. The van der Waals surface area contributed by atoms with Crippen molar-refractivity contribution in [2.75, 3.05) is 20.7 Å². The number of aryl methyl sites for hydroxylation is 1. The van der Waals surface area contributed by atoms with Crippen molar-refractivity contribution in [2.24, 2.45) is 7.05 Å². The number of hydrogen-bond acceptors (Lipinski definition) is 4. The molecule has 0 aliphatic rings. The van der Waals surface area contributed by atoms with E-state index in [-0.39, 0.29) is 24.2 Å². The fourth-order valence-electron chi connectivity index (χ4n) is 2.15. The SMILES string of the molecule is COc1nn(C)cc1C(=O)N(C)CC(=O)NCc1ccccc1Cl. The molecule has 0 saturated heterocycles. The van der Waals surface area contributed by atoms with Crippen LogP contribution in [0.2, 0.25) is 5.02 Å². The fourth-order valence-corrected chi connectivity index (χ4v) is 2.35. The Morgan fingerprint density at radius 1 is 1.38 bits per heavy atom. The first kappa shape index (κ1) is 17.8. The molecule has 2 amide bonds. The number of ether oxygens (including phenoxy) is 1. The van der Waals surface area contributed by atoms with Gasteiger partial charge in [0.25, 0.3) is 5.91 Å². The molecular weight excluding hydrogens is 332 g/mol. The van der Waals surface area contributed by atoms with Crippen molar-refractivity contribution < 1.29 is 14.3 Å². The molecule has 1 N–H and O–H groups in total. The van der Waals surface area contributed by atoms with Gasteiger partial charge in [-0.1, -0.05) is 29.8 Å². The minimum absolute atomic E-state index is 0.0820. The second-order valence-electron chi connectivity index (χ2n) is 5.26. The minimum atomic E-state index is -0.340. The summed E-state index contributed by atoms with van der Waals surface area (Å²) in [5.41, 5.74) is 1.12. The Bertz CT molecular complexity index is 745. The Hall–Kier alpha value is -2.54.